The van der Waals surface area contributed by atoms with E-state index in [2.05, 4.69) is 12.2 Å². The summed E-state index contributed by atoms with van der Waals surface area (Å²) in [5.41, 5.74) is 0.654. The molecule has 11 heteroatoms. The predicted molar refractivity (Wildman–Crippen MR) is 133 cm³/mol. The Morgan fingerprint density at radius 1 is 1.03 bits per heavy atom. The van der Waals surface area contributed by atoms with Gasteiger partial charge in [0.1, 0.15) is 9.88 Å². The Labute approximate surface area is 209 Å². The number of nitrogens with one attached hydrogen (secondary N) is 1. The highest BCUT2D eigenvalue weighted by molar-refractivity contribution is 7.89. The largest absolute Gasteiger partial charge is 0.462 e. The average molecular weight is 523 g/mol. The van der Waals surface area contributed by atoms with Gasteiger partial charge in [0.25, 0.3) is 5.91 Å². The zero-order valence-electron chi connectivity index (χ0n) is 20.3. The second-order valence-corrected chi connectivity index (χ2v) is 11.2. The number of carbonyl (C=O) groups is 3. The van der Waals surface area contributed by atoms with Gasteiger partial charge in [-0.1, -0.05) is 6.92 Å². The Kier molecular flexibility index (Phi) is 8.68. The fraction of sp³-hybridized carbons (Fsp3) is 0.458. The number of ether oxygens (including phenoxy) is 2. The lowest BCUT2D eigenvalue weighted by Crippen LogP contribution is -2.37. The molecule has 1 aliphatic heterocycles. The minimum absolute atomic E-state index is 0.0896. The number of thiophene rings is 1. The molecule has 0 unspecified atom stereocenters. The van der Waals surface area contributed by atoms with Crippen LogP contribution in [0.15, 0.2) is 29.2 Å². The van der Waals surface area contributed by atoms with Gasteiger partial charge in [-0.15, -0.1) is 11.3 Å². The molecule has 35 heavy (non-hydrogen) atoms. The van der Waals surface area contributed by atoms with Gasteiger partial charge in [0.05, 0.1) is 23.7 Å². The van der Waals surface area contributed by atoms with Crippen LogP contribution in [0.3, 0.4) is 0 Å². The van der Waals surface area contributed by atoms with E-state index in [9.17, 15) is 22.8 Å². The third kappa shape index (κ3) is 5.91. The fourth-order valence-electron chi connectivity index (χ4n) is 3.77. The van der Waals surface area contributed by atoms with Crippen molar-refractivity contribution < 1.29 is 32.3 Å². The van der Waals surface area contributed by atoms with Crippen molar-refractivity contribution in [3.8, 4) is 0 Å². The number of hydrogen-bond donors (Lipinski definition) is 1. The van der Waals surface area contributed by atoms with Crippen LogP contribution in [0, 0.1) is 12.8 Å². The Morgan fingerprint density at radius 3 is 2.17 bits per heavy atom. The van der Waals surface area contributed by atoms with E-state index in [0.717, 1.165) is 24.2 Å². The van der Waals surface area contributed by atoms with E-state index >= 15 is 0 Å². The second kappa shape index (κ2) is 11.3. The summed E-state index contributed by atoms with van der Waals surface area (Å²) >= 11 is 0.928. The van der Waals surface area contributed by atoms with Gasteiger partial charge in [0, 0.05) is 18.7 Å². The van der Waals surface area contributed by atoms with E-state index in [-0.39, 0.29) is 39.1 Å². The van der Waals surface area contributed by atoms with Crippen LogP contribution in [-0.4, -0.2) is 56.9 Å². The molecule has 2 aromatic rings. The molecule has 190 valence electrons. The van der Waals surface area contributed by atoms with Crippen molar-refractivity contribution in [2.75, 3.05) is 31.6 Å². The fourth-order valence-corrected chi connectivity index (χ4v) is 6.32. The van der Waals surface area contributed by atoms with Crippen molar-refractivity contribution in [3.63, 3.8) is 0 Å². The monoisotopic (exact) mass is 522 g/mol. The van der Waals surface area contributed by atoms with E-state index in [0.29, 0.717) is 24.6 Å². The zero-order valence-corrected chi connectivity index (χ0v) is 21.9. The van der Waals surface area contributed by atoms with E-state index in [4.69, 9.17) is 9.47 Å². The third-order valence-corrected chi connectivity index (χ3v) is 8.91. The molecular weight excluding hydrogens is 492 g/mol. The number of amides is 1. The third-order valence-electron chi connectivity index (χ3n) is 5.81. The first-order valence-corrected chi connectivity index (χ1v) is 13.7. The maximum Gasteiger partial charge on any atom is 0.348 e. The lowest BCUT2D eigenvalue weighted by Gasteiger charge is -2.29. The van der Waals surface area contributed by atoms with Crippen molar-refractivity contribution in [1.29, 1.82) is 0 Å². The summed E-state index contributed by atoms with van der Waals surface area (Å²) in [6.07, 6.45) is 1.63. The summed E-state index contributed by atoms with van der Waals surface area (Å²) in [5, 5.41) is 2.82. The number of rotatable bonds is 8. The maximum atomic E-state index is 12.9. The molecule has 0 spiro atoms. The number of anilines is 1. The molecule has 1 fully saturated rings. The van der Waals surface area contributed by atoms with Gasteiger partial charge < -0.3 is 14.8 Å². The van der Waals surface area contributed by atoms with Crippen molar-refractivity contribution in [1.82, 2.24) is 4.31 Å². The first kappa shape index (κ1) is 26.8. The Balaban J connectivity index is 1.83. The van der Waals surface area contributed by atoms with Gasteiger partial charge in [-0.05, 0) is 69.4 Å². The number of hydrogen-bond acceptors (Lipinski definition) is 8. The standard InChI is InChI=1S/C24H30N2O7S2/c1-5-32-23(28)19-16(4)20(24(29)33-6-2)34-22(19)25-21(27)17-7-9-18(10-8-17)35(30,31)26-13-11-15(3)12-14-26/h7-10,15H,5-6,11-14H2,1-4H3,(H,25,27). The minimum atomic E-state index is -3.64. The average Bonchev–Trinajstić information content (AvgIpc) is 3.15. The highest BCUT2D eigenvalue weighted by Crippen LogP contribution is 2.35. The molecule has 1 aromatic heterocycles. The molecule has 2 heterocycles. The molecule has 1 amide bonds. The maximum absolute atomic E-state index is 12.9. The minimum Gasteiger partial charge on any atom is -0.462 e. The van der Waals surface area contributed by atoms with Gasteiger partial charge >= 0.3 is 11.9 Å². The van der Waals surface area contributed by atoms with Gasteiger partial charge in [0.2, 0.25) is 10.0 Å². The first-order valence-electron chi connectivity index (χ1n) is 11.5. The second-order valence-electron chi connectivity index (χ2n) is 8.27. The van der Waals surface area contributed by atoms with Crippen LogP contribution >= 0.6 is 11.3 Å². The van der Waals surface area contributed by atoms with Crippen molar-refractivity contribution in [2.45, 2.75) is 45.4 Å². The summed E-state index contributed by atoms with van der Waals surface area (Å²) in [7, 11) is -3.64. The van der Waals surface area contributed by atoms with E-state index in [1.54, 1.807) is 20.8 Å². The number of benzene rings is 1. The Morgan fingerprint density at radius 2 is 1.60 bits per heavy atom. The number of nitrogens with zero attached hydrogens (tertiary/aromatic N) is 1. The van der Waals surface area contributed by atoms with Gasteiger partial charge in [0.15, 0.2) is 0 Å². The van der Waals surface area contributed by atoms with Crippen molar-refractivity contribution in [3.05, 3.63) is 45.8 Å². The van der Waals surface area contributed by atoms with Crippen LogP contribution < -0.4 is 5.32 Å². The molecule has 1 aromatic carbocycles. The lowest BCUT2D eigenvalue weighted by molar-refractivity contribution is 0.0527. The lowest BCUT2D eigenvalue weighted by atomic mass is 10.0. The topological polar surface area (TPSA) is 119 Å². The van der Waals surface area contributed by atoms with Crippen molar-refractivity contribution in [2.24, 2.45) is 5.92 Å². The molecule has 0 bridgehead atoms. The summed E-state index contributed by atoms with van der Waals surface area (Å²) in [6.45, 7) is 8.27. The van der Waals surface area contributed by atoms with Crippen LogP contribution in [0.2, 0.25) is 0 Å². The summed E-state index contributed by atoms with van der Waals surface area (Å²) in [4.78, 5) is 38.1. The molecule has 0 aliphatic carbocycles. The predicted octanol–water partition coefficient (Wildman–Crippen LogP) is 4.08. The van der Waals surface area contributed by atoms with Gasteiger partial charge in [-0.25, -0.2) is 18.0 Å². The normalized spacial score (nSPS) is 15.0. The highest BCUT2D eigenvalue weighted by Gasteiger charge is 2.29. The number of sulfonamides is 1. The molecule has 1 aliphatic rings. The van der Waals surface area contributed by atoms with Gasteiger partial charge in [-0.2, -0.15) is 4.31 Å². The van der Waals surface area contributed by atoms with Crippen LogP contribution in [0.5, 0.6) is 0 Å². The quantitative estimate of drug-likeness (QED) is 0.519. The van der Waals surface area contributed by atoms with Crippen molar-refractivity contribution >= 4 is 44.2 Å². The Hall–Kier alpha value is -2.76. The van der Waals surface area contributed by atoms with Crippen LogP contribution in [0.25, 0.3) is 0 Å². The van der Waals surface area contributed by atoms with E-state index in [1.165, 1.54) is 28.6 Å². The number of piperidine rings is 1. The summed E-state index contributed by atoms with van der Waals surface area (Å²) in [5.74, 6) is -1.31. The van der Waals surface area contributed by atoms with Gasteiger partial charge in [-0.3, -0.25) is 4.79 Å². The van der Waals surface area contributed by atoms with Crippen LogP contribution in [-0.2, 0) is 19.5 Å². The first-order chi connectivity index (χ1) is 16.6. The molecule has 1 saturated heterocycles. The highest BCUT2D eigenvalue weighted by atomic mass is 32.2. The smallest absolute Gasteiger partial charge is 0.348 e. The summed E-state index contributed by atoms with van der Waals surface area (Å²) < 4.78 is 37.5. The molecule has 0 radical (unpaired) electrons. The summed E-state index contributed by atoms with van der Waals surface area (Å²) in [6, 6.07) is 5.65. The van der Waals surface area contributed by atoms with Crippen LogP contribution in [0.1, 0.15) is 69.6 Å². The molecule has 9 nitrogen and oxygen atoms in total. The number of esters is 2. The molecule has 1 N–H and O–H groups in total. The molecule has 0 saturated carbocycles. The SMILES string of the molecule is CCOC(=O)c1sc(NC(=O)c2ccc(S(=O)(=O)N3CCC(C)CC3)cc2)c(C(=O)OCC)c1C. The number of carbonyl (C=O) groups excluding carboxylic acids is 3. The van der Waals surface area contributed by atoms with E-state index in [1.807, 2.05) is 0 Å². The van der Waals surface area contributed by atoms with Crippen LogP contribution in [0.4, 0.5) is 5.00 Å². The van der Waals surface area contributed by atoms with E-state index < -0.39 is 27.9 Å². The molecule has 0 atom stereocenters. The molecule has 3 rings (SSSR count). The molecular formula is C24H30N2O7S2. The Bertz CT molecular complexity index is 1200. The zero-order chi connectivity index (χ0) is 25.8.